The van der Waals surface area contributed by atoms with Crippen molar-refractivity contribution in [2.75, 3.05) is 10.3 Å². The highest BCUT2D eigenvalue weighted by Crippen LogP contribution is 2.14. The molecule has 21 heavy (non-hydrogen) atoms. The number of anilines is 2. The van der Waals surface area contributed by atoms with Crippen molar-refractivity contribution in [2.45, 2.75) is 0 Å². The largest absolute Gasteiger partial charge is 0.350 e. The SMILES string of the molecule is NNC(=O)N(N)c1ccc(C(=O)Nc2ccccc2)cc1. The standard InChI is InChI=1S/C14H15N5O2/c15-18-14(21)19(16)12-8-6-10(7-9-12)13(20)17-11-4-2-1-3-5-11/h1-9H,15-16H2,(H,17,20)(H,18,21). The van der Waals surface area contributed by atoms with E-state index in [-0.39, 0.29) is 5.91 Å². The van der Waals surface area contributed by atoms with Gasteiger partial charge < -0.3 is 5.32 Å². The van der Waals surface area contributed by atoms with Gasteiger partial charge in [-0.15, -0.1) is 0 Å². The molecule has 0 atom stereocenters. The Labute approximate surface area is 121 Å². The third kappa shape index (κ3) is 3.56. The molecular formula is C14H15N5O2. The number of hydrogen-bond acceptors (Lipinski definition) is 4. The Morgan fingerprint density at radius 3 is 2.14 bits per heavy atom. The van der Waals surface area contributed by atoms with Gasteiger partial charge in [0.25, 0.3) is 5.91 Å². The number of rotatable bonds is 3. The second-order valence-electron chi connectivity index (χ2n) is 4.19. The molecule has 0 radical (unpaired) electrons. The minimum absolute atomic E-state index is 0.250. The molecule has 3 amide bonds. The lowest BCUT2D eigenvalue weighted by Crippen LogP contribution is -2.47. The Kier molecular flexibility index (Phi) is 4.50. The lowest BCUT2D eigenvalue weighted by atomic mass is 10.2. The molecule has 0 unspecified atom stereocenters. The van der Waals surface area contributed by atoms with Crippen LogP contribution in [0.4, 0.5) is 16.2 Å². The molecule has 0 spiro atoms. The summed E-state index contributed by atoms with van der Waals surface area (Å²) in [4.78, 5) is 23.3. The van der Waals surface area contributed by atoms with E-state index in [4.69, 9.17) is 11.7 Å². The molecule has 0 bridgehead atoms. The molecule has 0 saturated carbocycles. The van der Waals surface area contributed by atoms with Gasteiger partial charge in [-0.1, -0.05) is 18.2 Å². The van der Waals surface area contributed by atoms with E-state index >= 15 is 0 Å². The molecule has 0 aliphatic rings. The Balaban J connectivity index is 2.08. The van der Waals surface area contributed by atoms with Crippen LogP contribution in [0.5, 0.6) is 0 Å². The first-order valence-electron chi connectivity index (χ1n) is 6.13. The summed E-state index contributed by atoms with van der Waals surface area (Å²) < 4.78 is 0. The molecule has 108 valence electrons. The summed E-state index contributed by atoms with van der Waals surface area (Å²) in [7, 11) is 0. The fourth-order valence-electron chi connectivity index (χ4n) is 1.68. The van der Waals surface area contributed by atoms with Gasteiger partial charge >= 0.3 is 6.03 Å². The van der Waals surface area contributed by atoms with E-state index in [2.05, 4.69) is 5.32 Å². The van der Waals surface area contributed by atoms with E-state index in [0.29, 0.717) is 16.9 Å². The van der Waals surface area contributed by atoms with Crippen LogP contribution in [0.1, 0.15) is 10.4 Å². The summed E-state index contributed by atoms with van der Waals surface area (Å²) in [6.45, 7) is 0. The van der Waals surface area contributed by atoms with Gasteiger partial charge in [0.05, 0.1) is 5.69 Å². The molecular weight excluding hydrogens is 270 g/mol. The molecule has 7 nitrogen and oxygen atoms in total. The molecule has 0 saturated heterocycles. The van der Waals surface area contributed by atoms with Crippen molar-refractivity contribution in [3.63, 3.8) is 0 Å². The maximum absolute atomic E-state index is 12.0. The maximum atomic E-state index is 12.0. The lowest BCUT2D eigenvalue weighted by Gasteiger charge is -2.15. The predicted octanol–water partition coefficient (Wildman–Crippen LogP) is 1.20. The summed E-state index contributed by atoms with van der Waals surface area (Å²) in [5.74, 6) is 10.3. The summed E-state index contributed by atoms with van der Waals surface area (Å²) in [6, 6.07) is 14.7. The fourth-order valence-corrected chi connectivity index (χ4v) is 1.68. The number of para-hydroxylation sites is 1. The smallest absolute Gasteiger partial charge is 0.322 e. The maximum Gasteiger partial charge on any atom is 0.350 e. The van der Waals surface area contributed by atoms with Gasteiger partial charge in [0, 0.05) is 11.3 Å². The number of carbonyl (C=O) groups is 2. The van der Waals surface area contributed by atoms with Crippen molar-refractivity contribution < 1.29 is 9.59 Å². The van der Waals surface area contributed by atoms with Crippen LogP contribution in [0.25, 0.3) is 0 Å². The minimum Gasteiger partial charge on any atom is -0.322 e. The Bertz CT molecular complexity index is 628. The molecule has 2 aromatic rings. The van der Waals surface area contributed by atoms with Gasteiger partial charge in [-0.05, 0) is 36.4 Å². The number of carbonyl (C=O) groups excluding carboxylic acids is 2. The first-order valence-corrected chi connectivity index (χ1v) is 6.13. The van der Waals surface area contributed by atoms with Crippen molar-refractivity contribution in [3.05, 3.63) is 60.2 Å². The zero-order valence-corrected chi connectivity index (χ0v) is 11.1. The molecule has 6 N–H and O–H groups in total. The van der Waals surface area contributed by atoms with Gasteiger partial charge in [-0.25, -0.2) is 21.5 Å². The summed E-state index contributed by atoms with van der Waals surface area (Å²) in [5.41, 5.74) is 3.48. The minimum atomic E-state index is -0.656. The van der Waals surface area contributed by atoms with E-state index in [1.807, 2.05) is 23.6 Å². The summed E-state index contributed by atoms with van der Waals surface area (Å²) in [6.07, 6.45) is 0. The fraction of sp³-hybridized carbons (Fsp3) is 0. The third-order valence-corrected chi connectivity index (χ3v) is 2.78. The number of benzene rings is 2. The molecule has 0 heterocycles. The van der Waals surface area contributed by atoms with Crippen LogP contribution < -0.4 is 27.4 Å². The molecule has 0 aliphatic carbocycles. The average Bonchev–Trinajstić information content (AvgIpc) is 2.54. The first kappa shape index (κ1) is 14.5. The molecule has 2 aromatic carbocycles. The zero-order valence-electron chi connectivity index (χ0n) is 11.1. The van der Waals surface area contributed by atoms with E-state index in [9.17, 15) is 9.59 Å². The van der Waals surface area contributed by atoms with Gasteiger partial charge in [-0.2, -0.15) is 0 Å². The van der Waals surface area contributed by atoms with Crippen molar-refractivity contribution in [1.82, 2.24) is 5.43 Å². The van der Waals surface area contributed by atoms with E-state index in [1.165, 1.54) is 0 Å². The quantitative estimate of drug-likeness (QED) is 0.385. The van der Waals surface area contributed by atoms with Crippen molar-refractivity contribution in [1.29, 1.82) is 0 Å². The second kappa shape index (κ2) is 6.51. The van der Waals surface area contributed by atoms with Crippen LogP contribution in [0.3, 0.4) is 0 Å². The molecule has 0 fully saturated rings. The van der Waals surface area contributed by atoms with Crippen molar-refractivity contribution >= 4 is 23.3 Å². The Hall–Kier alpha value is -2.90. The number of hydrogen-bond donors (Lipinski definition) is 4. The predicted molar refractivity (Wildman–Crippen MR) is 80.2 cm³/mol. The topological polar surface area (TPSA) is 113 Å². The van der Waals surface area contributed by atoms with Gasteiger partial charge in [-0.3, -0.25) is 10.2 Å². The average molecular weight is 285 g/mol. The van der Waals surface area contributed by atoms with Gasteiger partial charge in [0.15, 0.2) is 0 Å². The van der Waals surface area contributed by atoms with E-state index in [1.54, 1.807) is 36.4 Å². The number of urea groups is 1. The van der Waals surface area contributed by atoms with Crippen LogP contribution in [-0.4, -0.2) is 11.9 Å². The molecule has 2 rings (SSSR count). The molecule has 0 aromatic heterocycles. The van der Waals surface area contributed by atoms with Crippen LogP contribution in [-0.2, 0) is 0 Å². The van der Waals surface area contributed by atoms with Crippen LogP contribution in [0.15, 0.2) is 54.6 Å². The Morgan fingerprint density at radius 1 is 0.952 bits per heavy atom. The van der Waals surface area contributed by atoms with Gasteiger partial charge in [0.2, 0.25) is 0 Å². The number of amides is 3. The molecule has 7 heteroatoms. The van der Waals surface area contributed by atoms with Crippen LogP contribution in [0.2, 0.25) is 0 Å². The van der Waals surface area contributed by atoms with E-state index < -0.39 is 6.03 Å². The third-order valence-electron chi connectivity index (χ3n) is 2.78. The number of hydrazine groups is 2. The Morgan fingerprint density at radius 2 is 1.57 bits per heavy atom. The van der Waals surface area contributed by atoms with Crippen molar-refractivity contribution in [3.8, 4) is 0 Å². The first-order chi connectivity index (χ1) is 10.1. The monoisotopic (exact) mass is 285 g/mol. The second-order valence-corrected chi connectivity index (χ2v) is 4.19. The number of nitrogens with one attached hydrogen (secondary N) is 2. The normalized spacial score (nSPS) is 9.81. The summed E-state index contributed by atoms with van der Waals surface area (Å²) >= 11 is 0. The van der Waals surface area contributed by atoms with E-state index in [0.717, 1.165) is 5.01 Å². The van der Waals surface area contributed by atoms with Crippen LogP contribution in [0, 0.1) is 0 Å². The molecule has 0 aliphatic heterocycles. The summed E-state index contributed by atoms with van der Waals surface area (Å²) in [5, 5.41) is 3.60. The number of nitrogens with zero attached hydrogens (tertiary/aromatic N) is 1. The van der Waals surface area contributed by atoms with Gasteiger partial charge in [0.1, 0.15) is 0 Å². The zero-order chi connectivity index (χ0) is 15.2. The highest BCUT2D eigenvalue weighted by atomic mass is 16.2. The van der Waals surface area contributed by atoms with Crippen LogP contribution >= 0.6 is 0 Å². The highest BCUT2D eigenvalue weighted by molar-refractivity contribution is 6.04. The van der Waals surface area contributed by atoms with Crippen molar-refractivity contribution in [2.24, 2.45) is 11.7 Å². The number of nitrogens with two attached hydrogens (primary N) is 2. The lowest BCUT2D eigenvalue weighted by molar-refractivity contribution is 0.102. The highest BCUT2D eigenvalue weighted by Gasteiger charge is 2.11.